The van der Waals surface area contributed by atoms with Gasteiger partial charge in [-0.2, -0.15) is 0 Å². The number of rotatable bonds is 5. The highest BCUT2D eigenvalue weighted by Crippen LogP contribution is 2.21. The third kappa shape index (κ3) is 3.84. The highest BCUT2D eigenvalue weighted by Gasteiger charge is 2.21. The molecule has 2 aromatic rings. The molecule has 1 aliphatic rings. The average Bonchev–Trinajstić information content (AvgIpc) is 3.00. The molecule has 1 aliphatic heterocycles. The van der Waals surface area contributed by atoms with Crippen molar-refractivity contribution in [2.75, 3.05) is 7.11 Å². The molecule has 0 atom stereocenters. The van der Waals surface area contributed by atoms with E-state index in [2.05, 4.69) is 4.99 Å². The summed E-state index contributed by atoms with van der Waals surface area (Å²) in [6.07, 6.45) is 4.73. The lowest BCUT2D eigenvalue weighted by Crippen LogP contribution is -2.01. The van der Waals surface area contributed by atoms with Crippen LogP contribution in [-0.2, 0) is 9.53 Å². The molecule has 0 aromatic heterocycles. The smallest absolute Gasteiger partial charge is 0.363 e. The number of cyclic esters (lactones) is 1. The number of non-ortho nitro benzene ring substituents is 1. The maximum atomic E-state index is 11.9. The normalized spacial score (nSPS) is 15.2. The number of ether oxygens (including phenoxy) is 2. The first-order valence-corrected chi connectivity index (χ1v) is 7.65. The molecule has 0 saturated carbocycles. The van der Waals surface area contributed by atoms with Crippen molar-refractivity contribution < 1.29 is 19.2 Å². The molecule has 3 rings (SSSR count). The summed E-state index contributed by atoms with van der Waals surface area (Å²) in [6, 6.07) is 13.3. The van der Waals surface area contributed by atoms with E-state index in [0.29, 0.717) is 11.3 Å². The van der Waals surface area contributed by atoms with Crippen LogP contribution >= 0.6 is 0 Å². The van der Waals surface area contributed by atoms with Crippen molar-refractivity contribution in [2.45, 2.75) is 0 Å². The zero-order valence-corrected chi connectivity index (χ0v) is 13.8. The van der Waals surface area contributed by atoms with Gasteiger partial charge in [-0.05, 0) is 23.8 Å². The number of esters is 1. The van der Waals surface area contributed by atoms with Gasteiger partial charge in [-0.3, -0.25) is 10.1 Å². The molecule has 1 heterocycles. The van der Waals surface area contributed by atoms with E-state index < -0.39 is 10.9 Å². The predicted molar refractivity (Wildman–Crippen MR) is 96.6 cm³/mol. The first kappa shape index (κ1) is 17.1. The van der Waals surface area contributed by atoms with E-state index in [1.165, 1.54) is 24.3 Å². The molecule has 0 bridgehead atoms. The minimum Gasteiger partial charge on any atom is -0.496 e. The second-order valence-corrected chi connectivity index (χ2v) is 5.30. The molecule has 0 unspecified atom stereocenters. The third-order valence-corrected chi connectivity index (χ3v) is 3.57. The molecule has 0 N–H and O–H groups in total. The van der Waals surface area contributed by atoms with Gasteiger partial charge in [-0.1, -0.05) is 30.3 Å². The first-order valence-electron chi connectivity index (χ1n) is 7.65. The van der Waals surface area contributed by atoms with Crippen molar-refractivity contribution in [3.63, 3.8) is 0 Å². The number of aliphatic imine (C=N–C) groups is 1. The Hall–Kier alpha value is -3.74. The van der Waals surface area contributed by atoms with E-state index in [0.717, 1.165) is 5.56 Å². The van der Waals surface area contributed by atoms with Crippen molar-refractivity contribution >= 4 is 29.7 Å². The number of nitrogens with zero attached hydrogens (tertiary/aromatic N) is 2. The number of hydrogen-bond donors (Lipinski definition) is 0. The zero-order valence-electron chi connectivity index (χ0n) is 13.8. The van der Waals surface area contributed by atoms with Crippen molar-refractivity contribution in [2.24, 2.45) is 4.99 Å². The van der Waals surface area contributed by atoms with Gasteiger partial charge in [-0.15, -0.1) is 0 Å². The van der Waals surface area contributed by atoms with Crippen LogP contribution in [0.15, 0.2) is 65.3 Å². The van der Waals surface area contributed by atoms with E-state index in [1.807, 2.05) is 24.3 Å². The van der Waals surface area contributed by atoms with Gasteiger partial charge >= 0.3 is 5.97 Å². The van der Waals surface area contributed by atoms with Crippen LogP contribution in [0.1, 0.15) is 11.1 Å². The fraction of sp³-hybridized carbons (Fsp3) is 0.0526. The lowest BCUT2D eigenvalue weighted by molar-refractivity contribution is -0.384. The van der Waals surface area contributed by atoms with Crippen LogP contribution < -0.4 is 4.74 Å². The second-order valence-electron chi connectivity index (χ2n) is 5.30. The Bertz CT molecular complexity index is 960. The van der Waals surface area contributed by atoms with Crippen LogP contribution in [0.25, 0.3) is 12.2 Å². The van der Waals surface area contributed by atoms with Crippen molar-refractivity contribution in [3.8, 4) is 5.75 Å². The SMILES string of the molecule is COc1ccccc1/C=C/C1=NC(=C\c2cccc([N+](=O)[O-])c2)/C(=O)O1. The topological polar surface area (TPSA) is 91.0 Å². The van der Waals surface area contributed by atoms with Crippen LogP contribution in [0.4, 0.5) is 5.69 Å². The molecule has 0 spiro atoms. The summed E-state index contributed by atoms with van der Waals surface area (Å²) in [6.45, 7) is 0. The molecule has 2 aromatic carbocycles. The maximum absolute atomic E-state index is 11.9. The molecule has 0 saturated heterocycles. The van der Waals surface area contributed by atoms with Crippen molar-refractivity contribution in [1.82, 2.24) is 0 Å². The highest BCUT2D eigenvalue weighted by atomic mass is 16.6. The number of para-hydroxylation sites is 1. The molecule has 7 nitrogen and oxygen atoms in total. The van der Waals surface area contributed by atoms with E-state index >= 15 is 0 Å². The predicted octanol–water partition coefficient (Wildman–Crippen LogP) is 3.61. The number of methoxy groups -OCH3 is 1. The Labute approximate surface area is 149 Å². The summed E-state index contributed by atoms with van der Waals surface area (Å²) >= 11 is 0. The molecular formula is C19H14N2O5. The molecule has 0 amide bonds. The van der Waals surface area contributed by atoms with Crippen LogP contribution in [0.5, 0.6) is 5.75 Å². The van der Waals surface area contributed by atoms with Crippen LogP contribution in [-0.4, -0.2) is 23.9 Å². The van der Waals surface area contributed by atoms with E-state index in [9.17, 15) is 14.9 Å². The van der Waals surface area contributed by atoms with Crippen LogP contribution in [0.3, 0.4) is 0 Å². The van der Waals surface area contributed by atoms with Gasteiger partial charge in [0.15, 0.2) is 5.70 Å². The van der Waals surface area contributed by atoms with Gasteiger partial charge in [0.05, 0.1) is 12.0 Å². The fourth-order valence-corrected chi connectivity index (χ4v) is 2.35. The average molecular weight is 350 g/mol. The van der Waals surface area contributed by atoms with Crippen molar-refractivity contribution in [3.05, 3.63) is 81.5 Å². The van der Waals surface area contributed by atoms with Gasteiger partial charge in [0, 0.05) is 23.8 Å². The van der Waals surface area contributed by atoms with Crippen LogP contribution in [0.2, 0.25) is 0 Å². The Balaban J connectivity index is 1.84. The summed E-state index contributed by atoms with van der Waals surface area (Å²) in [5, 5.41) is 10.8. The molecule has 0 aliphatic carbocycles. The summed E-state index contributed by atoms with van der Waals surface area (Å²) < 4.78 is 10.3. The molecule has 7 heteroatoms. The zero-order chi connectivity index (χ0) is 18.5. The number of nitro groups is 1. The van der Waals surface area contributed by atoms with Crippen molar-refractivity contribution in [1.29, 1.82) is 0 Å². The number of carbonyl (C=O) groups is 1. The Morgan fingerprint density at radius 2 is 1.96 bits per heavy atom. The van der Waals surface area contributed by atoms with E-state index in [4.69, 9.17) is 9.47 Å². The lowest BCUT2D eigenvalue weighted by atomic mass is 10.1. The molecule has 26 heavy (non-hydrogen) atoms. The number of hydrogen-bond acceptors (Lipinski definition) is 6. The Morgan fingerprint density at radius 3 is 2.73 bits per heavy atom. The number of carbonyl (C=O) groups excluding carboxylic acids is 1. The van der Waals surface area contributed by atoms with E-state index in [-0.39, 0.29) is 17.3 Å². The van der Waals surface area contributed by atoms with E-state index in [1.54, 1.807) is 25.3 Å². The molecular weight excluding hydrogens is 336 g/mol. The number of nitro benzene ring substituents is 1. The standard InChI is InChI=1S/C19H14N2O5/c1-25-17-8-3-2-6-14(17)9-10-18-20-16(19(22)26-18)12-13-5-4-7-15(11-13)21(23)24/h2-12H,1H3/b10-9+,16-12-. The van der Waals surface area contributed by atoms with Gasteiger partial charge in [0.2, 0.25) is 5.90 Å². The minimum atomic E-state index is -0.615. The second kappa shape index (κ2) is 7.43. The highest BCUT2D eigenvalue weighted by molar-refractivity contribution is 6.11. The monoisotopic (exact) mass is 350 g/mol. The molecule has 0 radical (unpaired) electrons. The number of benzene rings is 2. The van der Waals surface area contributed by atoms with Crippen LogP contribution in [0, 0.1) is 10.1 Å². The first-order chi connectivity index (χ1) is 12.6. The lowest BCUT2D eigenvalue weighted by Gasteiger charge is -2.02. The summed E-state index contributed by atoms with van der Waals surface area (Å²) in [5.74, 6) is 0.204. The third-order valence-electron chi connectivity index (χ3n) is 3.57. The van der Waals surface area contributed by atoms with Gasteiger partial charge < -0.3 is 9.47 Å². The minimum absolute atomic E-state index is 0.0639. The molecule has 130 valence electrons. The summed E-state index contributed by atoms with van der Waals surface area (Å²) in [4.78, 5) is 26.4. The maximum Gasteiger partial charge on any atom is 0.363 e. The largest absolute Gasteiger partial charge is 0.496 e. The Morgan fingerprint density at radius 1 is 1.15 bits per heavy atom. The quantitative estimate of drug-likeness (QED) is 0.355. The van der Waals surface area contributed by atoms with Gasteiger partial charge in [0.25, 0.3) is 5.69 Å². The molecule has 0 fully saturated rings. The summed E-state index contributed by atoms with van der Waals surface area (Å²) in [5.41, 5.74) is 1.31. The summed E-state index contributed by atoms with van der Waals surface area (Å²) in [7, 11) is 1.57. The van der Waals surface area contributed by atoms with Gasteiger partial charge in [-0.25, -0.2) is 9.79 Å². The fourth-order valence-electron chi connectivity index (χ4n) is 2.35. The van der Waals surface area contributed by atoms with Gasteiger partial charge in [0.1, 0.15) is 5.75 Å². The Kier molecular flexibility index (Phi) is 4.89.